The molecule has 0 aliphatic rings. The first-order valence-corrected chi connectivity index (χ1v) is 7.46. The molecule has 0 fully saturated rings. The largest absolute Gasteiger partial charge is 0.336 e. The van der Waals surface area contributed by atoms with Crippen molar-refractivity contribution >= 4 is 27.5 Å². The maximum Gasteiger partial charge on any atom is 0.130 e. The van der Waals surface area contributed by atoms with E-state index in [0.717, 1.165) is 33.8 Å². The molecule has 0 bridgehead atoms. The molecule has 0 radical (unpaired) electrons. The zero-order valence-electron chi connectivity index (χ0n) is 11.0. The average Bonchev–Trinajstić information content (AvgIpc) is 2.78. The zero-order chi connectivity index (χ0) is 13.8. The molecule has 2 aromatic rings. The van der Waals surface area contributed by atoms with Crippen LogP contribution in [0.3, 0.4) is 0 Å². The number of hydrogen-bond donors (Lipinski definition) is 1. The maximum atomic E-state index is 6.37. The summed E-state index contributed by atoms with van der Waals surface area (Å²) in [6.45, 7) is 3.07. The van der Waals surface area contributed by atoms with Gasteiger partial charge in [-0.25, -0.2) is 4.98 Å². The minimum Gasteiger partial charge on any atom is -0.336 e. The number of halogens is 2. The summed E-state index contributed by atoms with van der Waals surface area (Å²) in [5, 5.41) is 4.25. The lowest BCUT2D eigenvalue weighted by atomic mass is 10.1. The van der Waals surface area contributed by atoms with E-state index in [1.165, 1.54) is 0 Å². The third-order valence-electron chi connectivity index (χ3n) is 2.99. The number of aromatic nitrogens is 2. The van der Waals surface area contributed by atoms with Gasteiger partial charge in [0, 0.05) is 28.9 Å². The summed E-state index contributed by atoms with van der Waals surface area (Å²) in [5.41, 5.74) is 1.05. The van der Waals surface area contributed by atoms with Crippen molar-refractivity contribution in [2.24, 2.45) is 7.05 Å². The summed E-state index contributed by atoms with van der Waals surface area (Å²) in [4.78, 5) is 4.44. The smallest absolute Gasteiger partial charge is 0.130 e. The Bertz CT molecular complexity index is 553. The van der Waals surface area contributed by atoms with E-state index in [1.54, 1.807) is 0 Å². The summed E-state index contributed by atoms with van der Waals surface area (Å²) in [5.74, 6) is 0.970. The van der Waals surface area contributed by atoms with Gasteiger partial charge in [0.15, 0.2) is 0 Å². The zero-order valence-corrected chi connectivity index (χ0v) is 13.4. The fourth-order valence-corrected chi connectivity index (χ4v) is 2.80. The second kappa shape index (κ2) is 6.55. The SMILES string of the molecule is CCCNC(c1ccc(Br)cc1Cl)c1nccn1C. The molecule has 102 valence electrons. The minimum atomic E-state index is 0.0144. The van der Waals surface area contributed by atoms with Crippen molar-refractivity contribution in [3.63, 3.8) is 0 Å². The molecular formula is C14H17BrClN3. The van der Waals surface area contributed by atoms with E-state index in [9.17, 15) is 0 Å². The summed E-state index contributed by atoms with van der Waals surface area (Å²) < 4.78 is 3.00. The molecule has 1 heterocycles. The molecule has 0 spiro atoms. The Hall–Kier alpha value is -0.840. The predicted molar refractivity (Wildman–Crippen MR) is 82.5 cm³/mol. The molecule has 0 saturated carbocycles. The van der Waals surface area contributed by atoms with E-state index in [2.05, 4.69) is 33.2 Å². The Balaban J connectivity index is 2.40. The van der Waals surface area contributed by atoms with Gasteiger partial charge in [0.25, 0.3) is 0 Å². The lowest BCUT2D eigenvalue weighted by molar-refractivity contribution is 0.556. The highest BCUT2D eigenvalue weighted by Gasteiger charge is 2.20. The van der Waals surface area contributed by atoms with Gasteiger partial charge in [0.2, 0.25) is 0 Å². The normalized spacial score (nSPS) is 12.6. The maximum absolute atomic E-state index is 6.37. The summed E-state index contributed by atoms with van der Waals surface area (Å²) in [6.07, 6.45) is 4.82. The minimum absolute atomic E-state index is 0.0144. The Morgan fingerprint density at radius 1 is 1.47 bits per heavy atom. The summed E-state index contributed by atoms with van der Waals surface area (Å²) in [7, 11) is 2.00. The molecule has 0 aliphatic heterocycles. The van der Waals surface area contributed by atoms with Crippen LogP contribution in [-0.4, -0.2) is 16.1 Å². The van der Waals surface area contributed by atoms with E-state index in [4.69, 9.17) is 11.6 Å². The van der Waals surface area contributed by atoms with Crippen LogP contribution in [0.5, 0.6) is 0 Å². The van der Waals surface area contributed by atoms with Crippen molar-refractivity contribution in [2.45, 2.75) is 19.4 Å². The van der Waals surface area contributed by atoms with E-state index in [1.807, 2.05) is 42.2 Å². The van der Waals surface area contributed by atoms with Gasteiger partial charge in [-0.1, -0.05) is 40.5 Å². The van der Waals surface area contributed by atoms with E-state index >= 15 is 0 Å². The number of aryl methyl sites for hydroxylation is 1. The van der Waals surface area contributed by atoms with Crippen molar-refractivity contribution in [1.82, 2.24) is 14.9 Å². The molecule has 0 saturated heterocycles. The fourth-order valence-electron chi connectivity index (χ4n) is 2.02. The van der Waals surface area contributed by atoms with Crippen molar-refractivity contribution in [3.8, 4) is 0 Å². The molecule has 1 aromatic heterocycles. The number of nitrogens with one attached hydrogen (secondary N) is 1. The molecule has 0 aliphatic carbocycles. The summed E-state index contributed by atoms with van der Waals surface area (Å²) >= 11 is 9.80. The van der Waals surface area contributed by atoms with Gasteiger partial charge in [-0.15, -0.1) is 0 Å². The Kier molecular flexibility index (Phi) is 5.02. The molecular weight excluding hydrogens is 326 g/mol. The van der Waals surface area contributed by atoms with Gasteiger partial charge in [0.1, 0.15) is 5.82 Å². The molecule has 2 rings (SSSR count). The molecule has 1 aromatic carbocycles. The highest BCUT2D eigenvalue weighted by Crippen LogP contribution is 2.29. The number of hydrogen-bond acceptors (Lipinski definition) is 2. The Labute approximate surface area is 127 Å². The first-order valence-electron chi connectivity index (χ1n) is 6.29. The molecule has 3 nitrogen and oxygen atoms in total. The topological polar surface area (TPSA) is 29.9 Å². The number of nitrogens with zero attached hydrogens (tertiary/aromatic N) is 2. The van der Waals surface area contributed by atoms with Crippen molar-refractivity contribution in [2.75, 3.05) is 6.54 Å². The first kappa shape index (κ1) is 14.6. The second-order valence-electron chi connectivity index (χ2n) is 4.45. The third-order valence-corrected chi connectivity index (χ3v) is 3.81. The highest BCUT2D eigenvalue weighted by molar-refractivity contribution is 9.10. The average molecular weight is 343 g/mol. The van der Waals surface area contributed by atoms with Crippen LogP contribution in [0.1, 0.15) is 30.8 Å². The summed E-state index contributed by atoms with van der Waals surface area (Å²) in [6, 6.07) is 5.97. The van der Waals surface area contributed by atoms with E-state index in [-0.39, 0.29) is 6.04 Å². The van der Waals surface area contributed by atoms with Crippen LogP contribution < -0.4 is 5.32 Å². The van der Waals surface area contributed by atoms with Gasteiger partial charge in [-0.3, -0.25) is 0 Å². The third kappa shape index (κ3) is 3.38. The van der Waals surface area contributed by atoms with Crippen LogP contribution in [0.2, 0.25) is 5.02 Å². The van der Waals surface area contributed by atoms with Crippen LogP contribution in [-0.2, 0) is 7.05 Å². The lowest BCUT2D eigenvalue weighted by Gasteiger charge is -2.20. The monoisotopic (exact) mass is 341 g/mol. The number of imidazole rings is 1. The van der Waals surface area contributed by atoms with Gasteiger partial charge >= 0.3 is 0 Å². The van der Waals surface area contributed by atoms with E-state index < -0.39 is 0 Å². The van der Waals surface area contributed by atoms with Crippen LogP contribution in [0.25, 0.3) is 0 Å². The fraction of sp³-hybridized carbons (Fsp3) is 0.357. The van der Waals surface area contributed by atoms with Gasteiger partial charge in [0.05, 0.1) is 6.04 Å². The van der Waals surface area contributed by atoms with Crippen molar-refractivity contribution in [3.05, 3.63) is 51.5 Å². The number of rotatable bonds is 5. The molecule has 1 unspecified atom stereocenters. The number of benzene rings is 1. The van der Waals surface area contributed by atoms with Gasteiger partial charge < -0.3 is 9.88 Å². The molecule has 1 atom stereocenters. The predicted octanol–water partition coefficient (Wildman–Crippen LogP) is 3.93. The molecule has 5 heteroatoms. The van der Waals surface area contributed by atoms with Crippen LogP contribution in [0.4, 0.5) is 0 Å². The molecule has 19 heavy (non-hydrogen) atoms. The standard InChI is InChI=1S/C14H17BrClN3/c1-3-6-17-13(14-18-7-8-19(14)2)11-5-4-10(15)9-12(11)16/h4-5,7-9,13,17H,3,6H2,1-2H3. The quantitative estimate of drug-likeness (QED) is 0.892. The molecule has 0 amide bonds. The molecule has 1 N–H and O–H groups in total. The van der Waals surface area contributed by atoms with Crippen molar-refractivity contribution in [1.29, 1.82) is 0 Å². The lowest BCUT2D eigenvalue weighted by Crippen LogP contribution is -2.26. The first-order chi connectivity index (χ1) is 9.13. The van der Waals surface area contributed by atoms with Crippen molar-refractivity contribution < 1.29 is 0 Å². The van der Waals surface area contributed by atoms with Crippen LogP contribution >= 0.6 is 27.5 Å². The van der Waals surface area contributed by atoms with Crippen LogP contribution in [0, 0.1) is 0 Å². The van der Waals surface area contributed by atoms with Gasteiger partial charge in [-0.2, -0.15) is 0 Å². The Morgan fingerprint density at radius 3 is 2.84 bits per heavy atom. The van der Waals surface area contributed by atoms with Gasteiger partial charge in [-0.05, 0) is 30.7 Å². The second-order valence-corrected chi connectivity index (χ2v) is 5.77. The van der Waals surface area contributed by atoms with E-state index in [0.29, 0.717) is 0 Å². The van der Waals surface area contributed by atoms with Crippen LogP contribution in [0.15, 0.2) is 35.1 Å². The Morgan fingerprint density at radius 2 is 2.26 bits per heavy atom. The highest BCUT2D eigenvalue weighted by atomic mass is 79.9.